The van der Waals surface area contributed by atoms with Crippen molar-refractivity contribution < 1.29 is 4.74 Å². The summed E-state index contributed by atoms with van der Waals surface area (Å²) in [5, 5.41) is 0. The number of nitrogens with zero attached hydrogens (tertiary/aromatic N) is 1. The summed E-state index contributed by atoms with van der Waals surface area (Å²) in [5.74, 6) is 0.938. The minimum absolute atomic E-state index is 0.196. The SMILES string of the molecule is CCN(C)C1[C]Oc2ccccc21. The van der Waals surface area contributed by atoms with Crippen LogP contribution in [-0.2, 0) is 0 Å². The number of hydrogen-bond donors (Lipinski definition) is 0. The molecule has 0 bridgehead atoms. The largest absolute Gasteiger partial charge is 0.476 e. The molecule has 0 aliphatic carbocycles. The number of benzene rings is 1. The fraction of sp³-hybridized carbons (Fsp3) is 0.364. The van der Waals surface area contributed by atoms with Crippen LogP contribution in [0.25, 0.3) is 0 Å². The Labute approximate surface area is 79.1 Å². The molecule has 1 aliphatic rings. The van der Waals surface area contributed by atoms with Gasteiger partial charge < -0.3 is 4.74 Å². The second kappa shape index (κ2) is 3.38. The molecule has 1 aromatic rings. The molecule has 0 spiro atoms. The second-order valence-electron chi connectivity index (χ2n) is 3.23. The van der Waals surface area contributed by atoms with Crippen LogP contribution in [0.3, 0.4) is 0 Å². The van der Waals surface area contributed by atoms with E-state index in [-0.39, 0.29) is 6.04 Å². The van der Waals surface area contributed by atoms with Gasteiger partial charge in [-0.15, -0.1) is 0 Å². The molecule has 13 heavy (non-hydrogen) atoms. The van der Waals surface area contributed by atoms with Crippen molar-refractivity contribution in [3.63, 3.8) is 0 Å². The number of rotatable bonds is 2. The number of hydrogen-bond acceptors (Lipinski definition) is 2. The van der Waals surface area contributed by atoms with Crippen molar-refractivity contribution in [2.75, 3.05) is 13.6 Å². The first-order chi connectivity index (χ1) is 6.33. The number of fused-ring (bicyclic) bond motifs is 1. The van der Waals surface area contributed by atoms with Gasteiger partial charge in [0.1, 0.15) is 5.75 Å². The molecule has 1 heterocycles. The monoisotopic (exact) mass is 175 g/mol. The van der Waals surface area contributed by atoms with Crippen LogP contribution in [0.15, 0.2) is 24.3 Å². The van der Waals surface area contributed by atoms with Crippen LogP contribution in [0.5, 0.6) is 5.75 Å². The molecule has 1 atom stereocenters. The molecular formula is C11H13NO. The standard InChI is InChI=1S/C11H13NO/c1-3-12(2)10-8-13-11-7-5-4-6-9(10)11/h4-7,10H,3H2,1-2H3. The summed E-state index contributed by atoms with van der Waals surface area (Å²) in [7, 11) is 2.07. The first-order valence-corrected chi connectivity index (χ1v) is 4.54. The van der Waals surface area contributed by atoms with E-state index in [9.17, 15) is 0 Å². The van der Waals surface area contributed by atoms with Gasteiger partial charge in [0.05, 0.1) is 6.04 Å². The summed E-state index contributed by atoms with van der Waals surface area (Å²) in [6.07, 6.45) is 0. The van der Waals surface area contributed by atoms with Gasteiger partial charge in [-0.2, -0.15) is 0 Å². The van der Waals surface area contributed by atoms with E-state index in [1.807, 2.05) is 18.2 Å². The maximum atomic E-state index is 5.34. The first-order valence-electron chi connectivity index (χ1n) is 4.54. The summed E-state index contributed by atoms with van der Waals surface area (Å²) in [6.45, 7) is 6.12. The van der Waals surface area contributed by atoms with E-state index in [0.29, 0.717) is 0 Å². The third-order valence-corrected chi connectivity index (χ3v) is 2.43. The van der Waals surface area contributed by atoms with Gasteiger partial charge in [-0.05, 0) is 19.7 Å². The number of para-hydroxylation sites is 1. The molecule has 0 fully saturated rings. The first kappa shape index (κ1) is 8.57. The minimum atomic E-state index is 0.196. The van der Waals surface area contributed by atoms with Gasteiger partial charge in [0.15, 0.2) is 0 Å². The normalized spacial score (nSPS) is 20.1. The maximum Gasteiger partial charge on any atom is 0.219 e. The fourth-order valence-electron chi connectivity index (χ4n) is 1.49. The highest BCUT2D eigenvalue weighted by molar-refractivity contribution is 5.41. The fourth-order valence-corrected chi connectivity index (χ4v) is 1.49. The van der Waals surface area contributed by atoms with Crippen molar-refractivity contribution in [2.24, 2.45) is 0 Å². The van der Waals surface area contributed by atoms with E-state index in [1.165, 1.54) is 5.56 Å². The van der Waals surface area contributed by atoms with Crippen LogP contribution in [0.2, 0.25) is 0 Å². The van der Waals surface area contributed by atoms with Crippen molar-refractivity contribution >= 4 is 0 Å². The molecule has 0 saturated heterocycles. The Morgan fingerprint density at radius 3 is 3.00 bits per heavy atom. The van der Waals surface area contributed by atoms with Gasteiger partial charge in [0.2, 0.25) is 6.61 Å². The second-order valence-corrected chi connectivity index (χ2v) is 3.23. The van der Waals surface area contributed by atoms with Crippen LogP contribution >= 0.6 is 0 Å². The highest BCUT2D eigenvalue weighted by Gasteiger charge is 2.27. The van der Waals surface area contributed by atoms with Crippen LogP contribution in [0, 0.1) is 6.61 Å². The van der Waals surface area contributed by atoms with Crippen molar-refractivity contribution in [3.05, 3.63) is 36.4 Å². The maximum absolute atomic E-state index is 5.34. The molecule has 0 aromatic heterocycles. The van der Waals surface area contributed by atoms with Gasteiger partial charge in [0, 0.05) is 5.56 Å². The molecule has 0 amide bonds. The Morgan fingerprint density at radius 2 is 2.23 bits per heavy atom. The van der Waals surface area contributed by atoms with Crippen molar-refractivity contribution in [2.45, 2.75) is 13.0 Å². The highest BCUT2D eigenvalue weighted by Crippen LogP contribution is 2.37. The zero-order chi connectivity index (χ0) is 9.26. The Balaban J connectivity index is 2.28. The molecule has 2 radical (unpaired) electrons. The van der Waals surface area contributed by atoms with E-state index in [0.717, 1.165) is 12.3 Å². The number of likely N-dealkylation sites (N-methyl/N-ethyl adjacent to an activating group) is 1. The molecule has 1 unspecified atom stereocenters. The summed E-state index contributed by atoms with van der Waals surface area (Å²) in [4.78, 5) is 2.20. The zero-order valence-electron chi connectivity index (χ0n) is 7.95. The molecule has 2 nitrogen and oxygen atoms in total. The number of ether oxygens (including phenoxy) is 1. The third kappa shape index (κ3) is 1.42. The van der Waals surface area contributed by atoms with Gasteiger partial charge in [0.25, 0.3) is 0 Å². The quantitative estimate of drug-likeness (QED) is 0.682. The van der Waals surface area contributed by atoms with Gasteiger partial charge >= 0.3 is 0 Å². The third-order valence-electron chi connectivity index (χ3n) is 2.43. The lowest BCUT2D eigenvalue weighted by Crippen LogP contribution is -2.22. The van der Waals surface area contributed by atoms with E-state index in [1.54, 1.807) is 0 Å². The average molecular weight is 175 g/mol. The lowest BCUT2D eigenvalue weighted by Gasteiger charge is -2.19. The Kier molecular flexibility index (Phi) is 2.23. The van der Waals surface area contributed by atoms with Crippen LogP contribution in [-0.4, -0.2) is 18.5 Å². The van der Waals surface area contributed by atoms with Crippen molar-refractivity contribution in [1.29, 1.82) is 0 Å². The lowest BCUT2D eigenvalue weighted by molar-refractivity contribution is 0.252. The molecular weight excluding hydrogens is 162 g/mol. The van der Waals surface area contributed by atoms with Crippen molar-refractivity contribution in [1.82, 2.24) is 4.90 Å². The molecule has 68 valence electrons. The van der Waals surface area contributed by atoms with Gasteiger partial charge in [-0.1, -0.05) is 25.1 Å². The molecule has 2 rings (SSSR count). The van der Waals surface area contributed by atoms with E-state index in [4.69, 9.17) is 4.74 Å². The summed E-state index contributed by atoms with van der Waals surface area (Å²) >= 11 is 0. The molecule has 2 heteroatoms. The van der Waals surface area contributed by atoms with Gasteiger partial charge in [-0.3, -0.25) is 4.90 Å². The van der Waals surface area contributed by atoms with E-state index in [2.05, 4.69) is 31.5 Å². The van der Waals surface area contributed by atoms with E-state index >= 15 is 0 Å². The summed E-state index contributed by atoms with van der Waals surface area (Å²) in [6, 6.07) is 8.28. The minimum Gasteiger partial charge on any atom is -0.476 e. The highest BCUT2D eigenvalue weighted by atomic mass is 16.5. The summed E-state index contributed by atoms with van der Waals surface area (Å²) < 4.78 is 5.34. The average Bonchev–Trinajstić information content (AvgIpc) is 2.60. The molecule has 1 aliphatic heterocycles. The topological polar surface area (TPSA) is 12.5 Å². The zero-order valence-corrected chi connectivity index (χ0v) is 7.95. The van der Waals surface area contributed by atoms with Gasteiger partial charge in [-0.25, -0.2) is 0 Å². The Hall–Kier alpha value is -1.02. The molecule has 0 N–H and O–H groups in total. The van der Waals surface area contributed by atoms with Crippen LogP contribution in [0.4, 0.5) is 0 Å². The lowest BCUT2D eigenvalue weighted by atomic mass is 10.1. The van der Waals surface area contributed by atoms with Crippen molar-refractivity contribution in [3.8, 4) is 5.75 Å². The van der Waals surface area contributed by atoms with Crippen LogP contribution in [0.1, 0.15) is 18.5 Å². The molecule has 1 aromatic carbocycles. The van der Waals surface area contributed by atoms with Crippen LogP contribution < -0.4 is 4.74 Å². The smallest absolute Gasteiger partial charge is 0.219 e. The summed E-state index contributed by atoms with van der Waals surface area (Å²) in [5.41, 5.74) is 1.21. The Bertz CT molecular complexity index is 298. The molecule has 0 saturated carbocycles. The predicted molar refractivity (Wildman–Crippen MR) is 51.4 cm³/mol. The van der Waals surface area contributed by atoms with E-state index < -0.39 is 0 Å². The Morgan fingerprint density at radius 1 is 1.46 bits per heavy atom. The predicted octanol–water partition coefficient (Wildman–Crippen LogP) is 2.11.